The van der Waals surface area contributed by atoms with Crippen LogP contribution in [0.4, 0.5) is 17.3 Å². The molecule has 10 nitrogen and oxygen atoms in total. The number of pyridine rings is 1. The molecule has 0 spiro atoms. The normalized spacial score (nSPS) is 10.8. The average Bonchev–Trinajstić information content (AvgIpc) is 2.94. The molecule has 5 rings (SSSR count). The Balaban J connectivity index is 0.00000370. The van der Waals surface area contributed by atoms with E-state index in [9.17, 15) is 13.2 Å². The summed E-state index contributed by atoms with van der Waals surface area (Å²) in [6.45, 7) is 1.91. The molecule has 0 fully saturated rings. The zero-order chi connectivity index (χ0) is 27.2. The molecule has 0 radical (unpaired) electrons. The summed E-state index contributed by atoms with van der Waals surface area (Å²) in [6, 6.07) is 22.3. The molecule has 0 atom stereocenters. The third kappa shape index (κ3) is 6.45. The number of nitrogens with one attached hydrogen (secondary N) is 2. The molecule has 0 unspecified atom stereocenters. The van der Waals surface area contributed by atoms with Crippen LogP contribution in [0.1, 0.15) is 17.3 Å². The van der Waals surface area contributed by atoms with Crippen LogP contribution in [0.5, 0.6) is 11.5 Å². The van der Waals surface area contributed by atoms with Crippen LogP contribution in [0, 0.1) is 0 Å². The Bertz CT molecular complexity index is 1720. The summed E-state index contributed by atoms with van der Waals surface area (Å²) in [5.74, 6) is 0.632. The molecular formula is C28H23ClN5O5S-. The van der Waals surface area contributed by atoms with Crippen molar-refractivity contribution in [3.63, 3.8) is 0 Å². The molecule has 0 aliphatic rings. The van der Waals surface area contributed by atoms with Crippen LogP contribution in [-0.2, 0) is 14.8 Å². The molecule has 204 valence electrons. The highest BCUT2D eigenvalue weighted by atomic mass is 35.5. The van der Waals surface area contributed by atoms with Gasteiger partial charge in [0.05, 0.1) is 22.7 Å². The van der Waals surface area contributed by atoms with E-state index in [1.54, 1.807) is 43.3 Å². The van der Waals surface area contributed by atoms with Gasteiger partial charge >= 0.3 is 5.97 Å². The number of hydrogen-bond acceptors (Lipinski definition) is 9. The largest absolute Gasteiger partial charge is 1.00 e. The number of ether oxygens (including phenoxy) is 2. The molecular weight excluding hydrogens is 554 g/mol. The number of halogens is 1. The van der Waals surface area contributed by atoms with E-state index in [4.69, 9.17) is 9.47 Å². The van der Waals surface area contributed by atoms with E-state index in [1.165, 1.54) is 30.7 Å². The first-order chi connectivity index (χ1) is 18.9. The Morgan fingerprint density at radius 2 is 1.60 bits per heavy atom. The van der Waals surface area contributed by atoms with Gasteiger partial charge in [0.1, 0.15) is 17.1 Å². The van der Waals surface area contributed by atoms with E-state index in [2.05, 4.69) is 25.0 Å². The highest BCUT2D eigenvalue weighted by Crippen LogP contribution is 2.34. The van der Waals surface area contributed by atoms with Crippen molar-refractivity contribution < 1.29 is 35.1 Å². The third-order valence-electron chi connectivity index (χ3n) is 5.54. The molecule has 5 aromatic rings. The van der Waals surface area contributed by atoms with Gasteiger partial charge in [0, 0.05) is 29.7 Å². The molecule has 0 amide bonds. The van der Waals surface area contributed by atoms with Crippen molar-refractivity contribution in [1.29, 1.82) is 0 Å². The van der Waals surface area contributed by atoms with Crippen LogP contribution in [0.25, 0.3) is 10.9 Å². The molecule has 0 aliphatic carbocycles. The maximum Gasteiger partial charge on any atom is 0.341 e. The van der Waals surface area contributed by atoms with Crippen LogP contribution >= 0.6 is 0 Å². The zero-order valence-electron chi connectivity index (χ0n) is 21.1. The van der Waals surface area contributed by atoms with Crippen molar-refractivity contribution >= 4 is 44.2 Å². The lowest BCUT2D eigenvalue weighted by atomic mass is 10.1. The summed E-state index contributed by atoms with van der Waals surface area (Å²) in [6.07, 6.45) is 4.33. The summed E-state index contributed by atoms with van der Waals surface area (Å²) in [5.41, 5.74) is 1.83. The summed E-state index contributed by atoms with van der Waals surface area (Å²) in [4.78, 5) is 25.0. The van der Waals surface area contributed by atoms with Gasteiger partial charge in [-0.05, 0) is 67.6 Å². The second kappa shape index (κ2) is 12.4. The number of fused-ring (bicyclic) bond motifs is 1. The summed E-state index contributed by atoms with van der Waals surface area (Å²) < 4.78 is 39.1. The van der Waals surface area contributed by atoms with Crippen LogP contribution < -0.4 is 27.2 Å². The maximum absolute atomic E-state index is 12.8. The van der Waals surface area contributed by atoms with Crippen LogP contribution in [-0.4, -0.2) is 35.9 Å². The highest BCUT2D eigenvalue weighted by molar-refractivity contribution is 7.92. The second-order valence-corrected chi connectivity index (χ2v) is 9.87. The number of para-hydroxylation sites is 1. The Morgan fingerprint density at radius 3 is 2.30 bits per heavy atom. The zero-order valence-corrected chi connectivity index (χ0v) is 22.7. The van der Waals surface area contributed by atoms with Gasteiger partial charge in [0.25, 0.3) is 10.0 Å². The Kier molecular flexibility index (Phi) is 8.77. The van der Waals surface area contributed by atoms with Crippen molar-refractivity contribution in [2.45, 2.75) is 11.8 Å². The fourth-order valence-corrected chi connectivity index (χ4v) is 4.71. The molecule has 0 saturated carbocycles. The predicted molar refractivity (Wildman–Crippen MR) is 147 cm³/mol. The van der Waals surface area contributed by atoms with E-state index in [-0.39, 0.29) is 35.4 Å². The number of sulfonamides is 1. The first kappa shape index (κ1) is 28.3. The lowest BCUT2D eigenvalue weighted by Crippen LogP contribution is -3.00. The summed E-state index contributed by atoms with van der Waals surface area (Å²) >= 11 is 0. The van der Waals surface area contributed by atoms with E-state index in [0.717, 1.165) is 0 Å². The molecule has 0 bridgehead atoms. The van der Waals surface area contributed by atoms with E-state index >= 15 is 0 Å². The smallest absolute Gasteiger partial charge is 0.341 e. The summed E-state index contributed by atoms with van der Waals surface area (Å²) in [5, 5.41) is 3.86. The van der Waals surface area contributed by atoms with Crippen LogP contribution in [0.2, 0.25) is 0 Å². The minimum atomic E-state index is -3.91. The van der Waals surface area contributed by atoms with E-state index in [0.29, 0.717) is 33.8 Å². The lowest BCUT2D eigenvalue weighted by molar-refractivity contribution is -0.0000288. The summed E-state index contributed by atoms with van der Waals surface area (Å²) in [7, 11) is -3.91. The van der Waals surface area contributed by atoms with Crippen molar-refractivity contribution in [3.05, 3.63) is 103 Å². The van der Waals surface area contributed by atoms with Crippen molar-refractivity contribution in [2.75, 3.05) is 16.6 Å². The molecule has 0 saturated heterocycles. The minimum absolute atomic E-state index is 0. The quantitative estimate of drug-likeness (QED) is 0.254. The molecule has 0 aliphatic heterocycles. The van der Waals surface area contributed by atoms with Gasteiger partial charge in [-0.15, -0.1) is 0 Å². The lowest BCUT2D eigenvalue weighted by Gasteiger charge is -2.15. The fourth-order valence-electron chi connectivity index (χ4n) is 3.75. The monoisotopic (exact) mass is 576 g/mol. The fraction of sp³-hybridized carbons (Fsp3) is 0.0714. The number of aromatic nitrogens is 3. The van der Waals surface area contributed by atoms with Gasteiger partial charge in [-0.3, -0.25) is 4.98 Å². The van der Waals surface area contributed by atoms with Gasteiger partial charge < -0.3 is 27.2 Å². The van der Waals surface area contributed by atoms with Gasteiger partial charge in [0.2, 0.25) is 5.95 Å². The number of nitrogens with zero attached hydrogens (tertiary/aromatic N) is 3. The standard InChI is InChI=1S/C28H23N5O5S.ClH/c1-2-37-27(34)24-18-31-25-14-11-21(38-20-7-4-3-5-8-20)17-23(25)26(24)32-19-9-12-22(13-10-19)39(35,36)33-28-29-15-6-16-30-28;/h3-18H,2H2,1H3,(H,31,32)(H,29,30,33);1H/p-1. The Morgan fingerprint density at radius 1 is 0.875 bits per heavy atom. The molecule has 12 heteroatoms. The van der Waals surface area contributed by atoms with E-state index < -0.39 is 16.0 Å². The maximum atomic E-state index is 12.8. The molecule has 40 heavy (non-hydrogen) atoms. The molecule has 3 aromatic carbocycles. The SMILES string of the molecule is CCOC(=O)c1cnc2ccc(Oc3ccccc3)cc2c1Nc1ccc(S(=O)(=O)Nc2ncccn2)cc1.[Cl-]. The van der Waals surface area contributed by atoms with Crippen molar-refractivity contribution in [3.8, 4) is 11.5 Å². The average molecular weight is 577 g/mol. The predicted octanol–water partition coefficient (Wildman–Crippen LogP) is 2.54. The first-order valence-corrected chi connectivity index (χ1v) is 13.4. The number of anilines is 3. The Labute approximate surface area is 236 Å². The van der Waals surface area contributed by atoms with Gasteiger partial charge in [0.15, 0.2) is 0 Å². The highest BCUT2D eigenvalue weighted by Gasteiger charge is 2.19. The Hall–Kier alpha value is -4.74. The van der Waals surface area contributed by atoms with Gasteiger partial charge in [-0.25, -0.2) is 27.9 Å². The van der Waals surface area contributed by atoms with Crippen LogP contribution in [0.3, 0.4) is 0 Å². The topological polar surface area (TPSA) is 132 Å². The number of carbonyl (C=O) groups is 1. The number of rotatable bonds is 9. The molecule has 2 aromatic heterocycles. The van der Waals surface area contributed by atoms with Gasteiger partial charge in [-0.2, -0.15) is 0 Å². The third-order valence-corrected chi connectivity index (χ3v) is 6.88. The second-order valence-electron chi connectivity index (χ2n) is 8.19. The number of hydrogen-bond donors (Lipinski definition) is 2. The molecule has 2 heterocycles. The minimum Gasteiger partial charge on any atom is -1.00 e. The van der Waals surface area contributed by atoms with Crippen molar-refractivity contribution in [1.82, 2.24) is 15.0 Å². The first-order valence-electron chi connectivity index (χ1n) is 11.9. The number of benzene rings is 3. The van der Waals surface area contributed by atoms with Gasteiger partial charge in [-0.1, -0.05) is 18.2 Å². The van der Waals surface area contributed by atoms with E-state index in [1.807, 2.05) is 30.3 Å². The number of carbonyl (C=O) groups excluding carboxylic acids is 1. The number of esters is 1. The molecule has 2 N–H and O–H groups in total. The van der Waals surface area contributed by atoms with Crippen molar-refractivity contribution in [2.24, 2.45) is 0 Å². The van der Waals surface area contributed by atoms with Crippen LogP contribution in [0.15, 0.2) is 102 Å².